The average Bonchev–Trinajstić information content (AvgIpc) is 2.28. The van der Waals surface area contributed by atoms with Gasteiger partial charge in [0.15, 0.2) is 6.10 Å². The fourth-order valence-corrected chi connectivity index (χ4v) is 1.95. The van der Waals surface area contributed by atoms with Crippen LogP contribution < -0.4 is 0 Å². The number of aryl methyl sites for hydroxylation is 2. The molecule has 0 radical (unpaired) electrons. The first-order valence-electron chi connectivity index (χ1n) is 3.29. The highest BCUT2D eigenvalue weighted by molar-refractivity contribution is 7.12. The summed E-state index contributed by atoms with van der Waals surface area (Å²) < 4.78 is 0. The Hall–Kier alpha value is -0.850. The summed E-state index contributed by atoms with van der Waals surface area (Å²) in [5, 5.41) is 17.6. The second-order valence-electron chi connectivity index (χ2n) is 2.40. The van der Waals surface area contributed by atoms with Gasteiger partial charge in [-0.1, -0.05) is 0 Å². The standard InChI is InChI=1S/C8H9NOS/c1-5-3-7(6(2)11-5)8(10)4-9/h3,8,10H,1-2H3. The van der Waals surface area contributed by atoms with Gasteiger partial charge in [-0.25, -0.2) is 0 Å². The van der Waals surface area contributed by atoms with Crippen LogP contribution in [0.5, 0.6) is 0 Å². The third-order valence-corrected chi connectivity index (χ3v) is 2.48. The van der Waals surface area contributed by atoms with Crippen LogP contribution in [0.1, 0.15) is 21.4 Å². The summed E-state index contributed by atoms with van der Waals surface area (Å²) in [6, 6.07) is 3.65. The Bertz CT molecular complexity index is 298. The van der Waals surface area contributed by atoms with E-state index in [4.69, 9.17) is 10.4 Å². The number of aliphatic hydroxyl groups excluding tert-OH is 1. The predicted octanol–water partition coefficient (Wildman–Crippen LogP) is 1.92. The zero-order chi connectivity index (χ0) is 8.43. The molecule has 3 heteroatoms. The van der Waals surface area contributed by atoms with Crippen LogP contribution in [0.3, 0.4) is 0 Å². The van der Waals surface area contributed by atoms with Crippen molar-refractivity contribution in [2.45, 2.75) is 20.0 Å². The van der Waals surface area contributed by atoms with Crippen molar-refractivity contribution in [3.05, 3.63) is 21.4 Å². The molecule has 1 N–H and O–H groups in total. The highest BCUT2D eigenvalue weighted by Crippen LogP contribution is 2.25. The largest absolute Gasteiger partial charge is 0.374 e. The summed E-state index contributed by atoms with van der Waals surface area (Å²) in [7, 11) is 0. The monoisotopic (exact) mass is 167 g/mol. The molecule has 0 spiro atoms. The molecule has 1 rings (SSSR count). The minimum atomic E-state index is -0.958. The van der Waals surface area contributed by atoms with E-state index in [0.717, 1.165) is 15.3 Å². The molecule has 2 nitrogen and oxygen atoms in total. The van der Waals surface area contributed by atoms with Gasteiger partial charge in [0, 0.05) is 15.3 Å². The average molecular weight is 167 g/mol. The number of hydrogen-bond acceptors (Lipinski definition) is 3. The Labute approximate surface area is 69.7 Å². The third kappa shape index (κ3) is 1.59. The Balaban J connectivity index is 3.05. The van der Waals surface area contributed by atoms with E-state index in [1.165, 1.54) is 0 Å². The zero-order valence-corrected chi connectivity index (χ0v) is 7.27. The lowest BCUT2D eigenvalue weighted by molar-refractivity contribution is 0.236. The molecule has 1 atom stereocenters. The quantitative estimate of drug-likeness (QED) is 0.649. The van der Waals surface area contributed by atoms with Crippen molar-refractivity contribution in [2.24, 2.45) is 0 Å². The van der Waals surface area contributed by atoms with Crippen molar-refractivity contribution < 1.29 is 5.11 Å². The fourth-order valence-electron chi connectivity index (χ4n) is 0.991. The highest BCUT2D eigenvalue weighted by atomic mass is 32.1. The van der Waals surface area contributed by atoms with Crippen molar-refractivity contribution in [2.75, 3.05) is 0 Å². The van der Waals surface area contributed by atoms with E-state index in [1.807, 2.05) is 19.9 Å². The van der Waals surface area contributed by atoms with Crippen LogP contribution in [0.25, 0.3) is 0 Å². The van der Waals surface area contributed by atoms with E-state index < -0.39 is 6.10 Å². The van der Waals surface area contributed by atoms with Gasteiger partial charge in [-0.15, -0.1) is 11.3 Å². The Kier molecular flexibility index (Phi) is 2.28. The van der Waals surface area contributed by atoms with Gasteiger partial charge in [0.25, 0.3) is 0 Å². The van der Waals surface area contributed by atoms with Gasteiger partial charge in [-0.05, 0) is 19.9 Å². The zero-order valence-electron chi connectivity index (χ0n) is 6.46. The first kappa shape index (κ1) is 8.25. The van der Waals surface area contributed by atoms with E-state index in [0.29, 0.717) is 0 Å². The summed E-state index contributed by atoms with van der Waals surface area (Å²) in [6.45, 7) is 3.87. The van der Waals surface area contributed by atoms with E-state index in [1.54, 1.807) is 17.4 Å². The molecule has 1 aromatic heterocycles. The van der Waals surface area contributed by atoms with Gasteiger partial charge in [0.1, 0.15) is 0 Å². The van der Waals surface area contributed by atoms with Gasteiger partial charge >= 0.3 is 0 Å². The SMILES string of the molecule is Cc1cc(C(O)C#N)c(C)s1. The molecular weight excluding hydrogens is 158 g/mol. The molecule has 1 heterocycles. The number of rotatable bonds is 1. The summed E-state index contributed by atoms with van der Waals surface area (Å²) in [6.07, 6.45) is -0.958. The van der Waals surface area contributed by atoms with Crippen molar-refractivity contribution in [3.63, 3.8) is 0 Å². The van der Waals surface area contributed by atoms with Crippen molar-refractivity contribution in [1.29, 1.82) is 5.26 Å². The number of nitriles is 1. The van der Waals surface area contributed by atoms with Gasteiger partial charge in [0.05, 0.1) is 6.07 Å². The number of aliphatic hydroxyl groups is 1. The van der Waals surface area contributed by atoms with Crippen LogP contribution in [0.4, 0.5) is 0 Å². The van der Waals surface area contributed by atoms with Crippen LogP contribution >= 0.6 is 11.3 Å². The second kappa shape index (κ2) is 3.04. The van der Waals surface area contributed by atoms with Gasteiger partial charge < -0.3 is 5.11 Å². The number of thiophene rings is 1. The maximum atomic E-state index is 9.17. The Morgan fingerprint density at radius 1 is 1.64 bits per heavy atom. The second-order valence-corrected chi connectivity index (χ2v) is 3.86. The molecule has 1 unspecified atom stereocenters. The van der Waals surface area contributed by atoms with E-state index in [2.05, 4.69) is 0 Å². The first-order chi connectivity index (χ1) is 5.15. The fraction of sp³-hybridized carbons (Fsp3) is 0.375. The number of hydrogen-bond donors (Lipinski definition) is 1. The van der Waals surface area contributed by atoms with Crippen molar-refractivity contribution in [3.8, 4) is 6.07 Å². The number of nitrogens with zero attached hydrogens (tertiary/aromatic N) is 1. The molecule has 0 aliphatic heterocycles. The summed E-state index contributed by atoms with van der Waals surface area (Å²) in [5.74, 6) is 0. The lowest BCUT2D eigenvalue weighted by Crippen LogP contribution is -1.91. The maximum absolute atomic E-state index is 9.17. The van der Waals surface area contributed by atoms with Gasteiger partial charge in [0.2, 0.25) is 0 Å². The lowest BCUT2D eigenvalue weighted by atomic mass is 10.1. The first-order valence-corrected chi connectivity index (χ1v) is 4.11. The molecule has 0 fully saturated rings. The summed E-state index contributed by atoms with van der Waals surface area (Å²) in [5.41, 5.74) is 0.745. The highest BCUT2D eigenvalue weighted by Gasteiger charge is 2.10. The molecule has 0 bridgehead atoms. The van der Waals surface area contributed by atoms with Crippen LogP contribution in [0.15, 0.2) is 6.07 Å². The molecule has 0 saturated carbocycles. The Morgan fingerprint density at radius 3 is 2.64 bits per heavy atom. The molecular formula is C8H9NOS. The summed E-state index contributed by atoms with van der Waals surface area (Å²) >= 11 is 1.60. The molecule has 0 aliphatic carbocycles. The molecule has 0 aromatic carbocycles. The molecule has 0 amide bonds. The van der Waals surface area contributed by atoms with Crippen molar-refractivity contribution >= 4 is 11.3 Å². The lowest BCUT2D eigenvalue weighted by Gasteiger charge is -1.97. The minimum absolute atomic E-state index is 0.745. The third-order valence-electron chi connectivity index (χ3n) is 1.50. The van der Waals surface area contributed by atoms with Gasteiger partial charge in [-0.2, -0.15) is 5.26 Å². The maximum Gasteiger partial charge on any atom is 0.166 e. The van der Waals surface area contributed by atoms with Gasteiger partial charge in [-0.3, -0.25) is 0 Å². The topological polar surface area (TPSA) is 44.0 Å². The van der Waals surface area contributed by atoms with Crippen molar-refractivity contribution in [1.82, 2.24) is 0 Å². The normalized spacial score (nSPS) is 12.5. The minimum Gasteiger partial charge on any atom is -0.374 e. The van der Waals surface area contributed by atoms with Crippen LogP contribution in [-0.2, 0) is 0 Å². The molecule has 58 valence electrons. The van der Waals surface area contributed by atoms with E-state index >= 15 is 0 Å². The molecule has 0 saturated heterocycles. The van der Waals surface area contributed by atoms with E-state index in [9.17, 15) is 0 Å². The van der Waals surface area contributed by atoms with E-state index in [-0.39, 0.29) is 0 Å². The van der Waals surface area contributed by atoms with Crippen LogP contribution in [0.2, 0.25) is 0 Å². The summed E-state index contributed by atoms with van der Waals surface area (Å²) in [4.78, 5) is 2.16. The molecule has 0 aliphatic rings. The smallest absolute Gasteiger partial charge is 0.166 e. The molecule has 1 aromatic rings. The Morgan fingerprint density at radius 2 is 2.27 bits per heavy atom. The van der Waals surface area contributed by atoms with Crippen LogP contribution in [-0.4, -0.2) is 5.11 Å². The molecule has 11 heavy (non-hydrogen) atoms. The van der Waals surface area contributed by atoms with Crippen LogP contribution in [0, 0.1) is 25.2 Å². The predicted molar refractivity (Wildman–Crippen MR) is 44.4 cm³/mol.